The lowest BCUT2D eigenvalue weighted by molar-refractivity contribution is 0.168. The molecular weight excluding hydrogens is 230 g/mol. The van der Waals surface area contributed by atoms with Crippen LogP contribution in [-0.2, 0) is 4.74 Å². The molecule has 0 bridgehead atoms. The van der Waals surface area contributed by atoms with Crippen LogP contribution in [0.25, 0.3) is 0 Å². The number of ether oxygens (including phenoxy) is 1. The lowest BCUT2D eigenvalue weighted by atomic mass is 10.2. The van der Waals surface area contributed by atoms with Gasteiger partial charge in [0.05, 0.1) is 6.61 Å². The third-order valence-corrected chi connectivity index (χ3v) is 2.08. The smallest absolute Gasteiger partial charge is 0.411 e. The fraction of sp³-hybridized carbons (Fsp3) is 0.357. The van der Waals surface area contributed by atoms with Crippen LogP contribution in [0.2, 0.25) is 0 Å². The van der Waals surface area contributed by atoms with Crippen LogP contribution in [0.1, 0.15) is 25.3 Å². The van der Waals surface area contributed by atoms with Crippen molar-refractivity contribution in [1.82, 2.24) is 0 Å². The Labute approximate surface area is 107 Å². The zero-order valence-electron chi connectivity index (χ0n) is 10.4. The molecule has 1 aromatic carbocycles. The first kappa shape index (κ1) is 14.1. The van der Waals surface area contributed by atoms with E-state index in [0.717, 1.165) is 5.56 Å². The first-order valence-electron chi connectivity index (χ1n) is 5.90. The molecule has 1 amide bonds. The molecule has 96 valence electrons. The fourth-order valence-corrected chi connectivity index (χ4v) is 1.29. The topological polar surface area (TPSA) is 58.6 Å². The maximum absolute atomic E-state index is 11.2. The molecule has 0 aromatic heterocycles. The molecule has 1 rings (SSSR count). The standard InChI is InChI=1S/C14H17NO3/c1-2-18-14(17)15-13-9-6-8-12(11-13)7-4-3-5-10-16/h6,8-9,11,16H,2-3,5,10H2,1H3,(H,15,17). The first-order chi connectivity index (χ1) is 8.76. The molecule has 0 radical (unpaired) electrons. The van der Waals surface area contributed by atoms with E-state index < -0.39 is 6.09 Å². The number of benzene rings is 1. The molecule has 0 aliphatic rings. The minimum atomic E-state index is -0.470. The van der Waals surface area contributed by atoms with Crippen LogP contribution in [0.15, 0.2) is 24.3 Å². The van der Waals surface area contributed by atoms with Crippen molar-refractivity contribution < 1.29 is 14.6 Å². The zero-order valence-corrected chi connectivity index (χ0v) is 10.4. The van der Waals surface area contributed by atoms with Gasteiger partial charge in [-0.15, -0.1) is 0 Å². The summed E-state index contributed by atoms with van der Waals surface area (Å²) in [5.41, 5.74) is 1.48. The maximum atomic E-state index is 11.2. The van der Waals surface area contributed by atoms with Crippen LogP contribution < -0.4 is 5.32 Å². The summed E-state index contributed by atoms with van der Waals surface area (Å²) >= 11 is 0. The Morgan fingerprint density at radius 1 is 1.50 bits per heavy atom. The van der Waals surface area contributed by atoms with Gasteiger partial charge in [-0.25, -0.2) is 4.79 Å². The quantitative estimate of drug-likeness (QED) is 0.634. The fourth-order valence-electron chi connectivity index (χ4n) is 1.29. The maximum Gasteiger partial charge on any atom is 0.411 e. The summed E-state index contributed by atoms with van der Waals surface area (Å²) in [6, 6.07) is 7.23. The second-order valence-corrected chi connectivity index (χ2v) is 3.56. The molecule has 0 saturated carbocycles. The van der Waals surface area contributed by atoms with Gasteiger partial charge < -0.3 is 9.84 Å². The number of carbonyl (C=O) groups is 1. The van der Waals surface area contributed by atoms with Gasteiger partial charge in [-0.1, -0.05) is 17.9 Å². The number of aliphatic hydroxyl groups is 1. The van der Waals surface area contributed by atoms with Crippen molar-refractivity contribution in [3.05, 3.63) is 29.8 Å². The number of unbranched alkanes of at least 4 members (excludes halogenated alkanes) is 1. The molecule has 4 heteroatoms. The van der Waals surface area contributed by atoms with Crippen LogP contribution >= 0.6 is 0 Å². The molecule has 0 aliphatic heterocycles. The van der Waals surface area contributed by atoms with Gasteiger partial charge in [-0.3, -0.25) is 5.32 Å². The van der Waals surface area contributed by atoms with Crippen LogP contribution in [0.5, 0.6) is 0 Å². The third kappa shape index (κ3) is 5.37. The van der Waals surface area contributed by atoms with Crippen LogP contribution in [0.4, 0.5) is 10.5 Å². The number of hydrogen-bond acceptors (Lipinski definition) is 3. The largest absolute Gasteiger partial charge is 0.450 e. The molecule has 0 spiro atoms. The molecule has 1 aromatic rings. The highest BCUT2D eigenvalue weighted by molar-refractivity contribution is 5.84. The monoisotopic (exact) mass is 247 g/mol. The Kier molecular flexibility index (Phi) is 6.37. The van der Waals surface area contributed by atoms with Gasteiger partial charge in [0, 0.05) is 24.3 Å². The van der Waals surface area contributed by atoms with Crippen LogP contribution in [0.3, 0.4) is 0 Å². The molecule has 0 heterocycles. The molecule has 0 fully saturated rings. The van der Waals surface area contributed by atoms with Gasteiger partial charge in [0.2, 0.25) is 0 Å². The van der Waals surface area contributed by atoms with Crippen LogP contribution in [0, 0.1) is 11.8 Å². The van der Waals surface area contributed by atoms with Crippen molar-refractivity contribution in [1.29, 1.82) is 0 Å². The van der Waals surface area contributed by atoms with Gasteiger partial charge in [0.15, 0.2) is 0 Å². The normalized spacial score (nSPS) is 9.22. The molecule has 0 aliphatic carbocycles. The van der Waals surface area contributed by atoms with E-state index in [1.165, 1.54) is 0 Å². The van der Waals surface area contributed by atoms with E-state index in [-0.39, 0.29) is 6.61 Å². The van der Waals surface area contributed by atoms with Crippen molar-refractivity contribution in [2.75, 3.05) is 18.5 Å². The molecule has 0 unspecified atom stereocenters. The summed E-state index contributed by atoms with van der Waals surface area (Å²) < 4.78 is 4.78. The highest BCUT2D eigenvalue weighted by atomic mass is 16.5. The number of aliphatic hydroxyl groups excluding tert-OH is 1. The van der Waals surface area contributed by atoms with E-state index in [9.17, 15) is 4.79 Å². The van der Waals surface area contributed by atoms with E-state index in [4.69, 9.17) is 9.84 Å². The summed E-state index contributed by atoms with van der Waals surface area (Å²) in [5, 5.41) is 11.2. The molecule has 0 atom stereocenters. The third-order valence-electron chi connectivity index (χ3n) is 2.08. The number of carbonyl (C=O) groups excluding carboxylic acids is 1. The van der Waals surface area contributed by atoms with E-state index in [1.807, 2.05) is 12.1 Å². The van der Waals surface area contributed by atoms with Crippen molar-refractivity contribution in [3.63, 3.8) is 0 Å². The average molecular weight is 247 g/mol. The summed E-state index contributed by atoms with van der Waals surface area (Å²) in [5.74, 6) is 5.93. The lowest BCUT2D eigenvalue weighted by Gasteiger charge is -2.04. The zero-order chi connectivity index (χ0) is 13.2. The molecule has 0 saturated heterocycles. The van der Waals surface area contributed by atoms with Gasteiger partial charge in [-0.05, 0) is 31.5 Å². The van der Waals surface area contributed by atoms with Crippen molar-refractivity contribution in [2.24, 2.45) is 0 Å². The van der Waals surface area contributed by atoms with E-state index in [1.54, 1.807) is 19.1 Å². The second kappa shape index (κ2) is 8.15. The average Bonchev–Trinajstić information content (AvgIpc) is 2.35. The number of hydrogen-bond donors (Lipinski definition) is 2. The first-order valence-corrected chi connectivity index (χ1v) is 5.90. The minimum Gasteiger partial charge on any atom is -0.450 e. The highest BCUT2D eigenvalue weighted by Crippen LogP contribution is 2.10. The predicted octanol–water partition coefficient (Wildman–Crippen LogP) is 2.38. The van der Waals surface area contributed by atoms with E-state index >= 15 is 0 Å². The number of nitrogens with one attached hydrogen (secondary N) is 1. The van der Waals surface area contributed by atoms with Crippen molar-refractivity contribution >= 4 is 11.8 Å². The van der Waals surface area contributed by atoms with Crippen molar-refractivity contribution in [2.45, 2.75) is 19.8 Å². The van der Waals surface area contributed by atoms with Gasteiger partial charge in [0.25, 0.3) is 0 Å². The van der Waals surface area contributed by atoms with Gasteiger partial charge in [-0.2, -0.15) is 0 Å². The molecule has 2 N–H and O–H groups in total. The molecular formula is C14H17NO3. The van der Waals surface area contributed by atoms with Crippen LogP contribution in [-0.4, -0.2) is 24.4 Å². The molecule has 4 nitrogen and oxygen atoms in total. The Morgan fingerprint density at radius 3 is 3.06 bits per heavy atom. The summed E-state index contributed by atoms with van der Waals surface area (Å²) in [6.45, 7) is 2.24. The molecule has 18 heavy (non-hydrogen) atoms. The predicted molar refractivity (Wildman–Crippen MR) is 70.3 cm³/mol. The Balaban J connectivity index is 2.60. The SMILES string of the molecule is CCOC(=O)Nc1cccc(C#CCCCO)c1. The number of rotatable bonds is 4. The Morgan fingerprint density at radius 2 is 2.33 bits per heavy atom. The van der Waals surface area contributed by atoms with Crippen molar-refractivity contribution in [3.8, 4) is 11.8 Å². The summed E-state index contributed by atoms with van der Waals surface area (Å²) in [4.78, 5) is 11.2. The highest BCUT2D eigenvalue weighted by Gasteiger charge is 2.01. The van der Waals surface area contributed by atoms with Gasteiger partial charge in [0.1, 0.15) is 0 Å². The van der Waals surface area contributed by atoms with E-state index in [0.29, 0.717) is 25.1 Å². The Hall–Kier alpha value is -1.99. The minimum absolute atomic E-state index is 0.152. The van der Waals surface area contributed by atoms with Gasteiger partial charge >= 0.3 is 6.09 Å². The second-order valence-electron chi connectivity index (χ2n) is 3.56. The lowest BCUT2D eigenvalue weighted by Crippen LogP contribution is -2.13. The Bertz CT molecular complexity index is 446. The summed E-state index contributed by atoms with van der Waals surface area (Å²) in [6.07, 6.45) is 0.864. The number of anilines is 1. The summed E-state index contributed by atoms with van der Waals surface area (Å²) in [7, 11) is 0. The van der Waals surface area contributed by atoms with E-state index in [2.05, 4.69) is 17.2 Å². The number of amides is 1.